The van der Waals surface area contributed by atoms with Crippen LogP contribution in [0.15, 0.2) is 146 Å². The number of nitrogens with two attached hydrogens (primary N) is 4. The zero-order valence-electron chi connectivity index (χ0n) is 66.3. The van der Waals surface area contributed by atoms with Gasteiger partial charge in [-0.15, -0.1) is 0 Å². The zero-order valence-corrected chi connectivity index (χ0v) is 68.7. The average Bonchev–Trinajstić information content (AvgIpc) is 1.85. The normalized spacial score (nSPS) is 17.2. The Kier molecular flexibility index (Phi) is 33.3. The number of sulfonamides is 2. The molecule has 3 saturated heterocycles. The maximum Gasteiger partial charge on any atom is 0.325 e. The van der Waals surface area contributed by atoms with Crippen molar-refractivity contribution in [3.05, 3.63) is 190 Å². The number of rotatable bonds is 42. The molecular weight excluding hydrogens is 1600 g/mol. The first kappa shape index (κ1) is 91.9. The van der Waals surface area contributed by atoms with Gasteiger partial charge in [-0.05, 0) is 107 Å². The third-order valence-electron chi connectivity index (χ3n) is 20.4. The summed E-state index contributed by atoms with van der Waals surface area (Å²) in [5.41, 5.74) is 14.7. The number of aliphatic hydroxyl groups excluding tert-OH is 1. The van der Waals surface area contributed by atoms with Gasteiger partial charge in [-0.1, -0.05) is 159 Å². The number of nitrogens with one attached hydrogen (secondary N) is 10. The summed E-state index contributed by atoms with van der Waals surface area (Å²) in [5.74, 6) is -11.4. The highest BCUT2D eigenvalue weighted by Crippen LogP contribution is 2.25. The Morgan fingerprint density at radius 1 is 0.588 bits per heavy atom. The number of halogens is 1. The minimum Gasteiger partial charge on any atom is -0.394 e. The first-order valence-electron chi connectivity index (χ1n) is 39.1. The van der Waals surface area contributed by atoms with Gasteiger partial charge in [0.05, 0.1) is 19.8 Å². The second-order valence-corrected chi connectivity index (χ2v) is 34.1. The number of ether oxygens (including phenoxy) is 1. The molecule has 0 saturated carbocycles. The Labute approximate surface area is 695 Å². The van der Waals surface area contributed by atoms with Crippen LogP contribution in [-0.2, 0) is 118 Å². The average molecular weight is 1700 g/mol. The first-order valence-corrected chi connectivity index (χ1v) is 42.9. The monoisotopic (exact) mass is 1700 g/mol. The number of primary sulfonamides is 2. The van der Waals surface area contributed by atoms with Gasteiger partial charge in [-0.25, -0.2) is 36.8 Å². The van der Waals surface area contributed by atoms with Crippen LogP contribution in [0, 0.1) is 11.3 Å². The van der Waals surface area contributed by atoms with E-state index in [1.807, 2.05) is 54.6 Å². The molecule has 38 heteroatoms. The van der Waals surface area contributed by atoms with Gasteiger partial charge in [0.2, 0.25) is 73.2 Å². The molecular formula is C81H105ClN18O17S2. The van der Waals surface area contributed by atoms with Crippen LogP contribution in [0.1, 0.15) is 91.8 Å². The molecule has 6 aromatic rings. The van der Waals surface area contributed by atoms with Crippen LogP contribution >= 0.6 is 11.6 Å². The molecule has 12 amide bonds. The second kappa shape index (κ2) is 43.1. The summed E-state index contributed by atoms with van der Waals surface area (Å²) >= 11 is 6.28. The van der Waals surface area contributed by atoms with E-state index in [4.69, 9.17) is 43.5 Å². The minimum absolute atomic E-state index is 0.0469. The number of fused-ring (bicyclic) bond motifs is 1. The van der Waals surface area contributed by atoms with Crippen molar-refractivity contribution in [2.24, 2.45) is 27.7 Å². The van der Waals surface area contributed by atoms with Crippen LogP contribution in [0.5, 0.6) is 0 Å². The number of likely N-dealkylation sites (tertiary alicyclic amines) is 1. The van der Waals surface area contributed by atoms with Crippen molar-refractivity contribution in [1.29, 1.82) is 5.41 Å². The van der Waals surface area contributed by atoms with E-state index in [9.17, 15) is 50.7 Å². The van der Waals surface area contributed by atoms with Crippen LogP contribution in [-0.4, -0.2) is 231 Å². The molecule has 6 aromatic carbocycles. The molecule has 19 N–H and O–H groups in total. The maximum atomic E-state index is 15.6. The maximum absolute atomic E-state index is 15.6. The van der Waals surface area contributed by atoms with Gasteiger partial charge in [-0.2, -0.15) is 0 Å². The van der Waals surface area contributed by atoms with E-state index in [-0.39, 0.29) is 88.4 Å². The van der Waals surface area contributed by atoms with E-state index in [0.29, 0.717) is 66.5 Å². The van der Waals surface area contributed by atoms with Crippen molar-refractivity contribution < 1.29 is 79.4 Å². The lowest BCUT2D eigenvalue weighted by molar-refractivity contribution is -0.142. The molecule has 640 valence electrons. The molecule has 0 aromatic heterocycles. The standard InChI is InChI=1S/C81H105ClN18O17S2/c1-49(2)37-62(71(103)90-61(15-9-31-88-80(84)85)78(110)99-32-10-16-68(99)76(108)89-50(3)70(83)102)91-72(104)63(40-52-17-21-55(22-18-52)44-97-33-35-117-36-34-97)92-73(105)64(41-53-19-23-56(24-20-53)45-98(47-118(86,113)114)48-119(87,115)116)93-75(107)67(46-101)95-74(106)65(39-51-11-5-4-6-12-51)94-77(109)69(43-54-26-29-60(82)30-27-54)100-79(111)66(96-81(100)112)42-57-25-28-58-13-7-8-14-59(58)38-57/h4-8,11-14,17-30,38,49-50,61-69,101H,9-10,15-16,31-37,39-48H2,1-3H3,(H2,83,102)(H,89,108)(H,90,103)(H,91,104)(H,92,105)(H,93,107)(H,94,109)(H,95,106)(H,96,112)(H4,84,85,88)(H2,86,113,114)(H2,87,115,116)/t50-,61+,62+,63-,64+,65-,66?,67+,68+,69?/m1/s1. The van der Waals surface area contributed by atoms with E-state index < -0.39 is 170 Å². The number of morpholine rings is 1. The molecule has 35 nitrogen and oxygen atoms in total. The molecule has 0 bridgehead atoms. The van der Waals surface area contributed by atoms with E-state index in [1.165, 1.54) is 36.1 Å². The summed E-state index contributed by atoms with van der Waals surface area (Å²) in [4.78, 5) is 166. The first-order chi connectivity index (χ1) is 56.5. The van der Waals surface area contributed by atoms with Crippen molar-refractivity contribution in [2.45, 2.75) is 158 Å². The largest absolute Gasteiger partial charge is 0.394 e. The van der Waals surface area contributed by atoms with Gasteiger partial charge >= 0.3 is 6.03 Å². The number of primary amides is 1. The van der Waals surface area contributed by atoms with E-state index >= 15 is 24.0 Å². The molecule has 119 heavy (non-hydrogen) atoms. The van der Waals surface area contributed by atoms with Crippen molar-refractivity contribution in [3.63, 3.8) is 0 Å². The highest BCUT2D eigenvalue weighted by atomic mass is 35.5. The number of urea groups is 1. The Morgan fingerprint density at radius 3 is 1.64 bits per heavy atom. The van der Waals surface area contributed by atoms with E-state index in [2.05, 4.69) is 52.8 Å². The molecule has 3 aliphatic rings. The van der Waals surface area contributed by atoms with Crippen molar-refractivity contribution in [3.8, 4) is 0 Å². The predicted molar refractivity (Wildman–Crippen MR) is 443 cm³/mol. The van der Waals surface area contributed by atoms with Gasteiger partial charge in [0.1, 0.15) is 72.2 Å². The fourth-order valence-electron chi connectivity index (χ4n) is 14.3. The quantitative estimate of drug-likeness (QED) is 0.0100. The Morgan fingerprint density at radius 2 is 1.08 bits per heavy atom. The number of guanidine groups is 1. The number of amides is 12. The lowest BCUT2D eigenvalue weighted by atomic mass is 9.99. The van der Waals surface area contributed by atoms with Crippen molar-refractivity contribution in [2.75, 3.05) is 57.8 Å². The Bertz CT molecular complexity index is 4810. The summed E-state index contributed by atoms with van der Waals surface area (Å²) in [6, 6.07) is 25.5. The molecule has 2 unspecified atom stereocenters. The van der Waals surface area contributed by atoms with Crippen LogP contribution in [0.3, 0.4) is 0 Å². The molecule has 3 fully saturated rings. The van der Waals surface area contributed by atoms with E-state index in [1.54, 1.807) is 80.6 Å². The van der Waals surface area contributed by atoms with Gasteiger partial charge < -0.3 is 74.1 Å². The predicted octanol–water partition coefficient (Wildman–Crippen LogP) is -0.387. The highest BCUT2D eigenvalue weighted by molar-refractivity contribution is 7.89. The molecule has 0 spiro atoms. The van der Waals surface area contributed by atoms with Crippen LogP contribution < -0.4 is 69.6 Å². The van der Waals surface area contributed by atoms with Crippen molar-refractivity contribution in [1.82, 2.24) is 67.5 Å². The fraction of sp³-hybridized carbons (Fsp3) is 0.432. The molecule has 3 heterocycles. The summed E-state index contributed by atoms with van der Waals surface area (Å²) in [5, 5.41) is 55.9. The summed E-state index contributed by atoms with van der Waals surface area (Å²) in [6.45, 7) is 6.64. The molecule has 3 aliphatic heterocycles. The Balaban J connectivity index is 1.03. The highest BCUT2D eigenvalue weighted by Gasteiger charge is 2.46. The zero-order chi connectivity index (χ0) is 86.3. The number of benzene rings is 6. The van der Waals surface area contributed by atoms with Gasteiger partial charge in [-0.3, -0.25) is 63.2 Å². The lowest BCUT2D eigenvalue weighted by Crippen LogP contribution is -2.61. The number of hydrogen-bond donors (Lipinski definition) is 15. The minimum atomic E-state index is -4.30. The van der Waals surface area contributed by atoms with Gasteiger partial charge in [0.25, 0.3) is 5.91 Å². The molecule has 0 aliphatic carbocycles. The number of carbonyl (C=O) groups is 11. The van der Waals surface area contributed by atoms with Crippen molar-refractivity contribution >= 4 is 113 Å². The number of imide groups is 1. The molecule has 9 rings (SSSR count). The Hall–Kier alpha value is -11.0. The summed E-state index contributed by atoms with van der Waals surface area (Å²) in [7, 11) is -8.60. The molecule has 10 atom stereocenters. The lowest BCUT2D eigenvalue weighted by Gasteiger charge is -2.31. The smallest absolute Gasteiger partial charge is 0.325 e. The number of aliphatic hydroxyl groups is 1. The number of nitrogens with zero attached hydrogens (tertiary/aromatic N) is 4. The fourth-order valence-corrected chi connectivity index (χ4v) is 16.0. The third-order valence-corrected chi connectivity index (χ3v) is 22.1. The topological polar surface area (TPSA) is 535 Å². The summed E-state index contributed by atoms with van der Waals surface area (Å²) < 4.78 is 54.6. The third kappa shape index (κ3) is 28.3. The summed E-state index contributed by atoms with van der Waals surface area (Å²) in [6.07, 6.45) is -0.524. The number of hydrogen-bond acceptors (Lipinski definition) is 20. The molecule has 0 radical (unpaired) electrons. The number of carbonyl (C=O) groups excluding carboxylic acids is 11. The van der Waals surface area contributed by atoms with Crippen LogP contribution in [0.4, 0.5) is 4.79 Å². The van der Waals surface area contributed by atoms with Gasteiger partial charge in [0, 0.05) is 76.4 Å². The van der Waals surface area contributed by atoms with Crippen LogP contribution in [0.25, 0.3) is 10.8 Å². The van der Waals surface area contributed by atoms with E-state index in [0.717, 1.165) is 31.7 Å². The van der Waals surface area contributed by atoms with Gasteiger partial charge in [0.15, 0.2) is 5.96 Å². The second-order valence-electron chi connectivity index (χ2n) is 30.5. The SMILES string of the molecule is CC(C)C[C@H](NC(=O)[C@@H](Cc1ccc(CN2CCOCC2)cc1)NC(=O)[C@H](Cc1ccc(CN(CS(N)(=O)=O)CS(N)(=O)=O)cc1)NC(=O)[C@H](CO)NC(=O)[C@@H](Cc1ccccc1)NC(=O)C(Cc1ccc(Cl)cc1)N1C(=O)NC(Cc2ccc3ccccc3c2)C1=O)C(=O)N[C@@H](CCCNC(=N)N)C(=O)N1CCC[C@H]1C(=O)N[C@H](C)C(N)=O. The van der Waals surface area contributed by atoms with Crippen LogP contribution in [0.2, 0.25) is 5.02 Å².